The number of piperazine rings is 1. The maximum absolute atomic E-state index is 13.0. The van der Waals surface area contributed by atoms with E-state index in [1.165, 1.54) is 0 Å². The van der Waals surface area contributed by atoms with Crippen molar-refractivity contribution in [3.8, 4) is 5.75 Å². The van der Waals surface area contributed by atoms with Crippen LogP contribution in [-0.2, 0) is 20.9 Å². The second kappa shape index (κ2) is 12.6. The first-order chi connectivity index (χ1) is 20.5. The average Bonchev–Trinajstić information content (AvgIpc) is 3.27. The molecule has 5 rings (SSSR count). The van der Waals surface area contributed by atoms with Gasteiger partial charge in [-0.2, -0.15) is 0 Å². The maximum atomic E-state index is 13.0. The number of carbonyl (C=O) groups is 4. The zero-order valence-corrected chi connectivity index (χ0v) is 25.4. The number of nitrogens with one attached hydrogen (secondary N) is 2. The number of benzene rings is 2. The lowest BCUT2D eigenvalue weighted by atomic mass is 10.0. The van der Waals surface area contributed by atoms with Gasteiger partial charge in [-0.1, -0.05) is 12.1 Å². The van der Waals surface area contributed by atoms with Crippen LogP contribution in [0.25, 0.3) is 0 Å². The monoisotopic (exact) mass is 591 g/mol. The molecule has 2 N–H and O–H groups in total. The molecule has 0 saturated carbocycles. The molecule has 4 amide bonds. The molecule has 2 fully saturated rings. The number of fused-ring (bicyclic) bond motifs is 1. The van der Waals surface area contributed by atoms with Gasteiger partial charge in [-0.3, -0.25) is 24.6 Å². The van der Waals surface area contributed by atoms with Crippen molar-refractivity contribution >= 4 is 29.5 Å². The topological polar surface area (TPSA) is 121 Å². The summed E-state index contributed by atoms with van der Waals surface area (Å²) in [6.45, 7) is 12.6. The van der Waals surface area contributed by atoms with E-state index in [-0.39, 0.29) is 24.3 Å². The first-order valence-corrected chi connectivity index (χ1v) is 14.9. The molecule has 2 aromatic rings. The Balaban J connectivity index is 1.08. The van der Waals surface area contributed by atoms with Crippen LogP contribution in [0.3, 0.4) is 0 Å². The summed E-state index contributed by atoms with van der Waals surface area (Å²) in [4.78, 5) is 55.3. The second-order valence-corrected chi connectivity index (χ2v) is 12.4. The van der Waals surface area contributed by atoms with Crippen LogP contribution in [0, 0.1) is 0 Å². The predicted octanol–water partition coefficient (Wildman–Crippen LogP) is 3.23. The zero-order valence-electron chi connectivity index (χ0n) is 25.4. The number of piperidine rings is 1. The maximum Gasteiger partial charge on any atom is 0.408 e. The fourth-order valence-electron chi connectivity index (χ4n) is 5.72. The molecule has 2 atom stereocenters. The van der Waals surface area contributed by atoms with Gasteiger partial charge in [0.15, 0.2) is 0 Å². The minimum atomic E-state index is -0.605. The number of anilines is 1. The number of carbonyl (C=O) groups excluding carboxylic acids is 4. The molecule has 0 spiro atoms. The normalized spacial score (nSPS) is 20.0. The fourth-order valence-corrected chi connectivity index (χ4v) is 5.72. The Morgan fingerprint density at radius 3 is 2.56 bits per heavy atom. The summed E-state index contributed by atoms with van der Waals surface area (Å²) >= 11 is 0. The molecular weight excluding hydrogens is 550 g/mol. The Kier molecular flexibility index (Phi) is 8.91. The second-order valence-electron chi connectivity index (χ2n) is 12.4. The standard InChI is InChI=1S/C32H41N5O6/c1-21(33-31(41)43-32(2,3)4)22-6-5-7-25(19-22)42-17-16-35-12-14-36(15-13-35)24-8-9-26-23(18-24)20-37(30(26)40)27-10-11-28(38)34-29(27)39/h5-9,18-19,21,27H,10-17,20H2,1-4H3,(H,33,41)(H,34,38,39)/t21-,27?/m1/s1. The summed E-state index contributed by atoms with van der Waals surface area (Å²) in [7, 11) is 0. The molecular formula is C32H41N5O6. The third kappa shape index (κ3) is 7.45. The van der Waals surface area contributed by atoms with Crippen molar-refractivity contribution in [1.82, 2.24) is 20.4 Å². The molecule has 1 unspecified atom stereocenters. The Hall–Kier alpha value is -4.12. The molecule has 43 heavy (non-hydrogen) atoms. The molecule has 3 aliphatic rings. The van der Waals surface area contributed by atoms with Gasteiger partial charge < -0.3 is 24.6 Å². The number of imide groups is 1. The van der Waals surface area contributed by atoms with Crippen molar-refractivity contribution in [3.63, 3.8) is 0 Å². The molecule has 3 heterocycles. The van der Waals surface area contributed by atoms with E-state index in [2.05, 4.69) is 26.5 Å². The summed E-state index contributed by atoms with van der Waals surface area (Å²) in [6.07, 6.45) is 0.155. The van der Waals surface area contributed by atoms with Crippen LogP contribution >= 0.6 is 0 Å². The highest BCUT2D eigenvalue weighted by atomic mass is 16.6. The summed E-state index contributed by atoms with van der Waals surface area (Å²) in [6, 6.07) is 12.8. The van der Waals surface area contributed by atoms with Crippen molar-refractivity contribution < 1.29 is 28.7 Å². The van der Waals surface area contributed by atoms with E-state index in [1.54, 1.807) is 4.90 Å². The van der Waals surface area contributed by atoms with Gasteiger partial charge in [0.05, 0.1) is 6.04 Å². The number of ether oxygens (including phenoxy) is 2. The molecule has 2 aromatic carbocycles. The first kappa shape index (κ1) is 30.3. The van der Waals surface area contributed by atoms with E-state index >= 15 is 0 Å². The Bertz CT molecular complexity index is 1380. The van der Waals surface area contributed by atoms with Crippen molar-refractivity contribution in [1.29, 1.82) is 0 Å². The third-order valence-electron chi connectivity index (χ3n) is 8.01. The number of alkyl carbamates (subject to hydrolysis) is 1. The lowest BCUT2D eigenvalue weighted by Crippen LogP contribution is -2.52. The zero-order chi connectivity index (χ0) is 30.7. The summed E-state index contributed by atoms with van der Waals surface area (Å²) < 4.78 is 11.4. The summed E-state index contributed by atoms with van der Waals surface area (Å²) in [5, 5.41) is 5.22. The molecule has 11 heteroatoms. The van der Waals surface area contributed by atoms with Crippen LogP contribution in [0.15, 0.2) is 42.5 Å². The van der Waals surface area contributed by atoms with Gasteiger partial charge in [0.1, 0.15) is 24.0 Å². The number of nitrogens with zero attached hydrogens (tertiary/aromatic N) is 3. The number of hydrogen-bond acceptors (Lipinski definition) is 8. The first-order valence-electron chi connectivity index (χ1n) is 14.9. The fraction of sp³-hybridized carbons (Fsp3) is 0.500. The van der Waals surface area contributed by atoms with Crippen molar-refractivity contribution in [2.24, 2.45) is 0 Å². The number of amides is 4. The third-order valence-corrected chi connectivity index (χ3v) is 8.01. The average molecular weight is 592 g/mol. The van der Waals surface area contributed by atoms with Crippen molar-refractivity contribution in [2.45, 2.75) is 64.8 Å². The molecule has 230 valence electrons. The van der Waals surface area contributed by atoms with Crippen LogP contribution in [0.4, 0.5) is 10.5 Å². The predicted molar refractivity (Wildman–Crippen MR) is 161 cm³/mol. The van der Waals surface area contributed by atoms with Gasteiger partial charge in [-0.15, -0.1) is 0 Å². The highest BCUT2D eigenvalue weighted by molar-refractivity contribution is 6.05. The van der Waals surface area contributed by atoms with Gasteiger partial charge in [-0.25, -0.2) is 4.79 Å². The van der Waals surface area contributed by atoms with Crippen LogP contribution in [-0.4, -0.2) is 84.6 Å². The minimum Gasteiger partial charge on any atom is -0.492 e. The van der Waals surface area contributed by atoms with Crippen LogP contribution in [0.1, 0.15) is 68.1 Å². The Morgan fingerprint density at radius 2 is 1.84 bits per heavy atom. The molecule has 2 saturated heterocycles. The van der Waals surface area contributed by atoms with Crippen LogP contribution < -0.4 is 20.3 Å². The molecule has 0 bridgehead atoms. The van der Waals surface area contributed by atoms with Gasteiger partial charge >= 0.3 is 6.09 Å². The highest BCUT2D eigenvalue weighted by Crippen LogP contribution is 2.31. The number of hydrogen-bond donors (Lipinski definition) is 2. The lowest BCUT2D eigenvalue weighted by Gasteiger charge is -2.36. The lowest BCUT2D eigenvalue weighted by molar-refractivity contribution is -0.136. The molecule has 0 radical (unpaired) electrons. The number of rotatable bonds is 8. The van der Waals surface area contributed by atoms with Crippen molar-refractivity contribution in [3.05, 3.63) is 59.2 Å². The van der Waals surface area contributed by atoms with Gasteiger partial charge in [-0.05, 0) is 75.6 Å². The Labute approximate surface area is 252 Å². The van der Waals surface area contributed by atoms with Gasteiger partial charge in [0.25, 0.3) is 5.91 Å². The summed E-state index contributed by atoms with van der Waals surface area (Å²) in [5.41, 5.74) is 3.00. The van der Waals surface area contributed by atoms with E-state index in [4.69, 9.17) is 9.47 Å². The van der Waals surface area contributed by atoms with Gasteiger partial charge in [0, 0.05) is 56.9 Å². The minimum absolute atomic E-state index is 0.153. The summed E-state index contributed by atoms with van der Waals surface area (Å²) in [5.74, 6) is -0.0738. The quantitative estimate of drug-likeness (QED) is 0.449. The SMILES string of the molecule is C[C@@H](NC(=O)OC(C)(C)C)c1cccc(OCCN2CCN(c3ccc4c(c3)CN(C3CCC(=O)NC3=O)C4=O)CC2)c1. The molecule has 11 nitrogen and oxygen atoms in total. The molecule has 0 aromatic heterocycles. The van der Waals surface area contributed by atoms with E-state index in [0.29, 0.717) is 25.1 Å². The van der Waals surface area contributed by atoms with E-state index in [1.807, 2.05) is 64.1 Å². The van der Waals surface area contributed by atoms with E-state index in [0.717, 1.165) is 55.3 Å². The molecule has 3 aliphatic heterocycles. The van der Waals surface area contributed by atoms with Gasteiger partial charge in [0.2, 0.25) is 11.8 Å². The van der Waals surface area contributed by atoms with E-state index < -0.39 is 23.6 Å². The highest BCUT2D eigenvalue weighted by Gasteiger charge is 2.39. The van der Waals surface area contributed by atoms with E-state index in [9.17, 15) is 19.2 Å². The molecule has 0 aliphatic carbocycles. The largest absolute Gasteiger partial charge is 0.492 e. The smallest absolute Gasteiger partial charge is 0.408 e. The van der Waals surface area contributed by atoms with Crippen LogP contribution in [0.2, 0.25) is 0 Å². The van der Waals surface area contributed by atoms with Crippen LogP contribution in [0.5, 0.6) is 5.75 Å². The Morgan fingerprint density at radius 1 is 1.07 bits per heavy atom. The van der Waals surface area contributed by atoms with Crippen molar-refractivity contribution in [2.75, 3.05) is 44.2 Å².